The Morgan fingerprint density at radius 1 is 0.838 bits per heavy atom. The molecule has 0 aliphatic carbocycles. The zero-order valence-corrected chi connectivity index (χ0v) is 23.8. The lowest BCUT2D eigenvalue weighted by Gasteiger charge is -2.22. The van der Waals surface area contributed by atoms with Gasteiger partial charge in [-0.2, -0.15) is 0 Å². The normalized spacial score (nSPS) is 12.3. The van der Waals surface area contributed by atoms with Crippen molar-refractivity contribution in [3.05, 3.63) is 90.4 Å². The summed E-state index contributed by atoms with van der Waals surface area (Å²) in [5.74, 6) is 0.236. The Morgan fingerprint density at radius 2 is 1.54 bits per heavy atom. The molecule has 0 aliphatic heterocycles. The Balaban J connectivity index is 1.71. The average molecular weight is 506 g/mol. The largest absolute Gasteiger partial charge is 0.507 e. The summed E-state index contributed by atoms with van der Waals surface area (Å²) >= 11 is 0. The molecule has 1 N–H and O–H groups in total. The summed E-state index contributed by atoms with van der Waals surface area (Å²) in [4.78, 5) is 9.93. The topological polar surface area (TPSA) is 50.4 Å². The Morgan fingerprint density at radius 3 is 2.19 bits per heavy atom. The number of phenols is 1. The molecule has 0 bridgehead atoms. The van der Waals surface area contributed by atoms with Crippen molar-refractivity contribution in [2.75, 3.05) is 0 Å². The van der Waals surface area contributed by atoms with Gasteiger partial charge in [0.05, 0.1) is 19.5 Å². The van der Waals surface area contributed by atoms with Crippen LogP contribution in [0.2, 0.25) is 19.6 Å². The van der Waals surface area contributed by atoms with E-state index >= 15 is 0 Å². The fourth-order valence-corrected chi connectivity index (χ4v) is 5.75. The lowest BCUT2D eigenvalue weighted by atomic mass is 9.84. The van der Waals surface area contributed by atoms with E-state index in [1.165, 1.54) is 10.8 Å². The van der Waals surface area contributed by atoms with Crippen molar-refractivity contribution >= 4 is 18.9 Å². The molecular formula is C32H35N3OSi. The van der Waals surface area contributed by atoms with Crippen LogP contribution in [0.1, 0.15) is 32.0 Å². The Bertz CT molecular complexity index is 1600. The van der Waals surface area contributed by atoms with Gasteiger partial charge in [-0.1, -0.05) is 64.7 Å². The first-order valence-corrected chi connectivity index (χ1v) is 16.3. The SMILES string of the molecule is Cc1c(-c2ccccc2O)nc2c(-c3cc(-c4ccc([Si](C)(C)C)cn4)cc(C(C)(C)C)c3)cccn12. The highest BCUT2D eigenvalue weighted by Crippen LogP contribution is 2.37. The highest BCUT2D eigenvalue weighted by Gasteiger charge is 2.21. The average Bonchev–Trinajstić information content (AvgIpc) is 3.19. The molecule has 0 saturated heterocycles. The van der Waals surface area contributed by atoms with Crippen LogP contribution >= 0.6 is 0 Å². The van der Waals surface area contributed by atoms with Crippen LogP contribution in [0.15, 0.2) is 79.1 Å². The van der Waals surface area contributed by atoms with E-state index in [2.05, 4.69) is 93.5 Å². The maximum Gasteiger partial charge on any atom is 0.145 e. The van der Waals surface area contributed by atoms with Crippen molar-refractivity contribution in [2.45, 2.75) is 52.8 Å². The van der Waals surface area contributed by atoms with Crippen LogP contribution in [0.25, 0.3) is 39.3 Å². The second kappa shape index (κ2) is 9.00. The number of para-hydroxylation sites is 1. The Kier molecular flexibility index (Phi) is 6.07. The van der Waals surface area contributed by atoms with Gasteiger partial charge in [-0.25, -0.2) is 4.98 Å². The summed E-state index contributed by atoms with van der Waals surface area (Å²) in [7, 11) is -1.42. The van der Waals surface area contributed by atoms with Gasteiger partial charge in [0, 0.05) is 34.8 Å². The van der Waals surface area contributed by atoms with E-state index in [9.17, 15) is 5.11 Å². The van der Waals surface area contributed by atoms with E-state index < -0.39 is 8.07 Å². The zero-order chi connectivity index (χ0) is 26.5. The van der Waals surface area contributed by atoms with Gasteiger partial charge in [0.15, 0.2) is 0 Å². The molecule has 0 unspecified atom stereocenters. The molecule has 5 rings (SSSR count). The lowest BCUT2D eigenvalue weighted by Crippen LogP contribution is -2.37. The molecule has 188 valence electrons. The third kappa shape index (κ3) is 4.71. The van der Waals surface area contributed by atoms with Gasteiger partial charge in [-0.15, -0.1) is 0 Å². The van der Waals surface area contributed by atoms with Crippen molar-refractivity contribution < 1.29 is 5.11 Å². The van der Waals surface area contributed by atoms with Crippen molar-refractivity contribution in [3.8, 4) is 39.4 Å². The van der Waals surface area contributed by atoms with Gasteiger partial charge in [-0.05, 0) is 71.1 Å². The molecule has 0 saturated carbocycles. The fourth-order valence-electron chi connectivity index (χ4n) is 4.71. The first-order chi connectivity index (χ1) is 17.4. The number of rotatable bonds is 4. The lowest BCUT2D eigenvalue weighted by molar-refractivity contribution is 0.477. The van der Waals surface area contributed by atoms with E-state index in [1.54, 1.807) is 6.07 Å². The molecule has 0 fully saturated rings. The van der Waals surface area contributed by atoms with Crippen LogP contribution in [0.5, 0.6) is 5.75 Å². The third-order valence-corrected chi connectivity index (χ3v) is 9.11. The number of fused-ring (bicyclic) bond motifs is 1. The zero-order valence-electron chi connectivity index (χ0n) is 22.8. The standard InChI is InChI=1S/C32H35N3OSi/c1-21-30(27-11-8-9-13-29(27)36)34-31-26(12-10-16-35(21)31)22-17-23(19-24(18-22)32(2,3)4)28-15-14-25(20-33-28)37(5,6)7/h8-20,36H,1-7H3. The summed E-state index contributed by atoms with van der Waals surface area (Å²) in [6, 6.07) is 22.8. The number of aryl methyl sites for hydroxylation is 1. The van der Waals surface area contributed by atoms with Crippen LogP contribution in [-0.4, -0.2) is 27.5 Å². The maximum absolute atomic E-state index is 10.5. The second-order valence-electron chi connectivity index (χ2n) is 11.9. The predicted octanol–water partition coefficient (Wildman–Crippen LogP) is 7.59. The van der Waals surface area contributed by atoms with Crippen molar-refractivity contribution in [1.82, 2.24) is 14.4 Å². The molecular weight excluding hydrogens is 470 g/mol. The van der Waals surface area contributed by atoms with E-state index in [0.29, 0.717) is 0 Å². The molecule has 3 aromatic heterocycles. The van der Waals surface area contributed by atoms with Gasteiger partial charge >= 0.3 is 0 Å². The van der Waals surface area contributed by atoms with Crippen LogP contribution in [0.4, 0.5) is 0 Å². The quantitative estimate of drug-likeness (QED) is 0.256. The van der Waals surface area contributed by atoms with Crippen LogP contribution in [0.3, 0.4) is 0 Å². The molecule has 0 aliphatic rings. The number of phenolic OH excluding ortho intramolecular Hbond substituents is 1. The molecule has 5 aromatic rings. The van der Waals surface area contributed by atoms with Gasteiger partial charge in [0.25, 0.3) is 0 Å². The molecule has 4 nitrogen and oxygen atoms in total. The van der Waals surface area contributed by atoms with Gasteiger partial charge in [0.2, 0.25) is 0 Å². The highest BCUT2D eigenvalue weighted by atomic mass is 28.3. The van der Waals surface area contributed by atoms with E-state index in [0.717, 1.165) is 45.0 Å². The summed E-state index contributed by atoms with van der Waals surface area (Å²) in [5, 5.41) is 11.9. The fraction of sp³-hybridized carbons (Fsp3) is 0.250. The van der Waals surface area contributed by atoms with Gasteiger partial charge in [0.1, 0.15) is 11.4 Å². The van der Waals surface area contributed by atoms with E-state index in [-0.39, 0.29) is 11.2 Å². The molecule has 37 heavy (non-hydrogen) atoms. The monoisotopic (exact) mass is 505 g/mol. The molecule has 0 amide bonds. The molecule has 5 heteroatoms. The van der Waals surface area contributed by atoms with Crippen LogP contribution in [0, 0.1) is 6.92 Å². The number of imidazole rings is 1. The highest BCUT2D eigenvalue weighted by molar-refractivity contribution is 6.88. The molecule has 0 radical (unpaired) electrons. The number of aromatic nitrogens is 3. The van der Waals surface area contributed by atoms with Crippen LogP contribution < -0.4 is 5.19 Å². The van der Waals surface area contributed by atoms with Gasteiger partial charge < -0.3 is 9.51 Å². The number of hydrogen-bond acceptors (Lipinski definition) is 3. The summed E-state index contributed by atoms with van der Waals surface area (Å²) in [6.07, 6.45) is 4.10. The van der Waals surface area contributed by atoms with Crippen molar-refractivity contribution in [3.63, 3.8) is 0 Å². The van der Waals surface area contributed by atoms with Crippen molar-refractivity contribution in [2.24, 2.45) is 0 Å². The number of aromatic hydroxyl groups is 1. The van der Waals surface area contributed by atoms with E-state index in [1.807, 2.05) is 31.3 Å². The first-order valence-electron chi connectivity index (χ1n) is 12.8. The molecule has 0 spiro atoms. The first kappa shape index (κ1) is 25.0. The third-order valence-electron chi connectivity index (χ3n) is 7.08. The van der Waals surface area contributed by atoms with Crippen molar-refractivity contribution in [1.29, 1.82) is 0 Å². The number of pyridine rings is 2. The van der Waals surface area contributed by atoms with Crippen LogP contribution in [-0.2, 0) is 5.41 Å². The summed E-state index contributed by atoms with van der Waals surface area (Å²) < 4.78 is 2.11. The number of benzene rings is 2. The minimum absolute atomic E-state index is 0.0274. The van der Waals surface area contributed by atoms with Gasteiger partial charge in [-0.3, -0.25) is 4.98 Å². The van der Waals surface area contributed by atoms with E-state index in [4.69, 9.17) is 9.97 Å². The maximum atomic E-state index is 10.5. The Labute approximate surface area is 220 Å². The number of nitrogens with zero attached hydrogens (tertiary/aromatic N) is 3. The minimum atomic E-state index is -1.42. The molecule has 2 aromatic carbocycles. The number of hydrogen-bond donors (Lipinski definition) is 1. The predicted molar refractivity (Wildman–Crippen MR) is 157 cm³/mol. The summed E-state index contributed by atoms with van der Waals surface area (Å²) in [5.41, 5.74) is 8.88. The minimum Gasteiger partial charge on any atom is -0.507 e. The second-order valence-corrected chi connectivity index (χ2v) is 17.0. The smallest absolute Gasteiger partial charge is 0.145 e. The summed E-state index contributed by atoms with van der Waals surface area (Å²) in [6.45, 7) is 15.8. The Hall–Kier alpha value is -3.70. The molecule has 3 heterocycles. The molecule has 0 atom stereocenters.